The molecule has 0 bridgehead atoms. The zero-order valence-electron chi connectivity index (χ0n) is 9.15. The summed E-state index contributed by atoms with van der Waals surface area (Å²) < 4.78 is 0. The van der Waals surface area contributed by atoms with Gasteiger partial charge in [-0.1, -0.05) is 32.0 Å². The molecule has 1 aromatic rings. The monoisotopic (exact) mass is 195 g/mol. The smallest absolute Gasteiger partial charge is 0.274 e. The first-order valence-corrected chi connectivity index (χ1v) is 4.63. The lowest BCUT2D eigenvalue weighted by Crippen LogP contribution is -2.25. The molecule has 0 aliphatic carbocycles. The molecule has 0 atom stereocenters. The quantitative estimate of drug-likeness (QED) is 0.678. The number of carbonyl (C=O) groups is 1. The molecule has 3 nitrogen and oxygen atoms in total. The van der Waals surface area contributed by atoms with Crippen molar-refractivity contribution in [1.82, 2.24) is 5.06 Å². The van der Waals surface area contributed by atoms with Crippen LogP contribution in [0.4, 0.5) is 0 Å². The van der Waals surface area contributed by atoms with Gasteiger partial charge in [0.15, 0.2) is 0 Å². The molecule has 78 valence electrons. The molecule has 0 saturated heterocycles. The largest absolute Gasteiger partial charge is 0.277 e. The zero-order chi connectivity index (χ0) is 11.0. The molecule has 1 amide bonds. The van der Waals surface area contributed by atoms with Crippen molar-refractivity contribution >= 4 is 5.91 Å². The van der Waals surface area contributed by atoms with Gasteiger partial charge < -0.3 is 0 Å². The minimum atomic E-state index is -0.141. The molecule has 0 heterocycles. The molecule has 3 heteroatoms. The van der Waals surface area contributed by atoms with Crippen LogP contribution in [0.25, 0.3) is 0 Å². The van der Waals surface area contributed by atoms with Crippen LogP contribution >= 0.6 is 0 Å². The Labute approximate surface area is 85.3 Å². The van der Waals surface area contributed by atoms with E-state index in [1.54, 1.807) is 19.2 Å². The molecule has 14 heavy (non-hydrogen) atoms. The summed E-state index contributed by atoms with van der Waals surface area (Å²) in [6, 6.07) is 8.99. The second-order valence-corrected chi connectivity index (χ2v) is 2.35. The fourth-order valence-electron chi connectivity index (χ4n) is 0.845. The van der Waals surface area contributed by atoms with Gasteiger partial charge in [-0.2, -0.15) is 0 Å². The van der Waals surface area contributed by atoms with Crippen LogP contribution in [0.5, 0.6) is 0 Å². The van der Waals surface area contributed by atoms with E-state index in [1.165, 1.54) is 12.2 Å². The number of hydroxylamine groups is 2. The van der Waals surface area contributed by atoms with Crippen LogP contribution < -0.4 is 0 Å². The first-order chi connectivity index (χ1) is 6.75. The Bertz CT molecular complexity index is 259. The standard InChI is InChI=1S/C9H11NO2.C2H6/c1-10(12-2)9(11)8-6-4-3-5-7-8;1-2/h3-7H,1-2H3;1-2H3. The first kappa shape index (κ1) is 12.7. The minimum absolute atomic E-state index is 0.141. The Balaban J connectivity index is 0.000000791. The molecule has 1 aromatic carbocycles. The summed E-state index contributed by atoms with van der Waals surface area (Å²) >= 11 is 0. The molecule has 0 unspecified atom stereocenters. The predicted molar refractivity (Wildman–Crippen MR) is 56.9 cm³/mol. The van der Waals surface area contributed by atoms with Crippen molar-refractivity contribution in [2.24, 2.45) is 0 Å². The van der Waals surface area contributed by atoms with Crippen LogP contribution in [0.3, 0.4) is 0 Å². The summed E-state index contributed by atoms with van der Waals surface area (Å²) in [5, 5.41) is 1.19. The Morgan fingerprint density at radius 2 is 1.71 bits per heavy atom. The topological polar surface area (TPSA) is 29.5 Å². The van der Waals surface area contributed by atoms with Crippen LogP contribution in [0.15, 0.2) is 30.3 Å². The molecular formula is C11H17NO2. The fraction of sp³-hybridized carbons (Fsp3) is 0.364. The van der Waals surface area contributed by atoms with Crippen LogP contribution in [-0.4, -0.2) is 25.1 Å². The maximum Gasteiger partial charge on any atom is 0.277 e. The molecule has 0 aliphatic rings. The fourth-order valence-corrected chi connectivity index (χ4v) is 0.845. The van der Waals surface area contributed by atoms with Crippen LogP contribution in [-0.2, 0) is 4.84 Å². The summed E-state index contributed by atoms with van der Waals surface area (Å²) in [6.07, 6.45) is 0. The minimum Gasteiger partial charge on any atom is -0.274 e. The van der Waals surface area contributed by atoms with Gasteiger partial charge in [0.2, 0.25) is 0 Å². The van der Waals surface area contributed by atoms with Crippen molar-refractivity contribution in [3.63, 3.8) is 0 Å². The Hall–Kier alpha value is -1.35. The average molecular weight is 195 g/mol. The third kappa shape index (κ3) is 3.58. The zero-order valence-corrected chi connectivity index (χ0v) is 9.15. The van der Waals surface area contributed by atoms with Gasteiger partial charge in [0, 0.05) is 12.6 Å². The Morgan fingerprint density at radius 1 is 1.21 bits per heavy atom. The molecule has 0 N–H and O–H groups in total. The molecule has 0 radical (unpaired) electrons. The third-order valence-electron chi connectivity index (χ3n) is 1.58. The van der Waals surface area contributed by atoms with Crippen LogP contribution in [0, 0.1) is 0 Å². The number of amides is 1. The lowest BCUT2D eigenvalue weighted by atomic mass is 10.2. The third-order valence-corrected chi connectivity index (χ3v) is 1.58. The SMILES string of the molecule is CC.CON(C)C(=O)c1ccccc1. The summed E-state index contributed by atoms with van der Waals surface area (Å²) in [5.74, 6) is -0.141. The highest BCUT2D eigenvalue weighted by molar-refractivity contribution is 5.93. The number of hydrogen-bond donors (Lipinski definition) is 0. The van der Waals surface area contributed by atoms with Crippen molar-refractivity contribution in [3.8, 4) is 0 Å². The van der Waals surface area contributed by atoms with E-state index in [0.717, 1.165) is 0 Å². The number of hydrogen-bond acceptors (Lipinski definition) is 2. The number of nitrogens with zero attached hydrogens (tertiary/aromatic N) is 1. The molecule has 0 spiro atoms. The van der Waals surface area contributed by atoms with E-state index in [-0.39, 0.29) is 5.91 Å². The predicted octanol–water partition coefficient (Wildman–Crippen LogP) is 2.35. The van der Waals surface area contributed by atoms with Gasteiger partial charge in [0.1, 0.15) is 0 Å². The van der Waals surface area contributed by atoms with Crippen LogP contribution in [0.1, 0.15) is 24.2 Å². The summed E-state index contributed by atoms with van der Waals surface area (Å²) in [7, 11) is 3.04. The number of rotatable bonds is 2. The van der Waals surface area contributed by atoms with E-state index in [9.17, 15) is 4.79 Å². The Kier molecular flexibility index (Phi) is 6.41. The molecular weight excluding hydrogens is 178 g/mol. The summed E-state index contributed by atoms with van der Waals surface area (Å²) in [6.45, 7) is 4.00. The highest BCUT2D eigenvalue weighted by Crippen LogP contribution is 2.02. The summed E-state index contributed by atoms with van der Waals surface area (Å²) in [4.78, 5) is 16.1. The van der Waals surface area contributed by atoms with Gasteiger partial charge in [-0.3, -0.25) is 9.63 Å². The van der Waals surface area contributed by atoms with E-state index < -0.39 is 0 Å². The van der Waals surface area contributed by atoms with Crippen molar-refractivity contribution in [2.75, 3.05) is 14.2 Å². The lowest BCUT2D eigenvalue weighted by molar-refractivity contribution is -0.0756. The van der Waals surface area contributed by atoms with Gasteiger partial charge in [-0.15, -0.1) is 0 Å². The normalized spacial score (nSPS) is 8.57. The number of benzene rings is 1. The molecule has 0 saturated carbocycles. The van der Waals surface area contributed by atoms with E-state index in [0.29, 0.717) is 5.56 Å². The highest BCUT2D eigenvalue weighted by Gasteiger charge is 2.08. The Morgan fingerprint density at radius 3 is 2.14 bits per heavy atom. The summed E-state index contributed by atoms with van der Waals surface area (Å²) in [5.41, 5.74) is 0.627. The van der Waals surface area contributed by atoms with E-state index in [1.807, 2.05) is 32.0 Å². The van der Waals surface area contributed by atoms with Gasteiger partial charge >= 0.3 is 0 Å². The molecule has 0 fully saturated rings. The molecule has 1 rings (SSSR count). The molecule has 0 aromatic heterocycles. The van der Waals surface area contributed by atoms with E-state index in [2.05, 4.69) is 0 Å². The van der Waals surface area contributed by atoms with Gasteiger partial charge in [-0.05, 0) is 12.1 Å². The first-order valence-electron chi connectivity index (χ1n) is 4.63. The van der Waals surface area contributed by atoms with E-state index in [4.69, 9.17) is 4.84 Å². The lowest BCUT2D eigenvalue weighted by Gasteiger charge is -2.12. The number of carbonyl (C=O) groups excluding carboxylic acids is 1. The second-order valence-electron chi connectivity index (χ2n) is 2.35. The maximum absolute atomic E-state index is 11.4. The van der Waals surface area contributed by atoms with Gasteiger partial charge in [0.05, 0.1) is 7.11 Å². The van der Waals surface area contributed by atoms with Crippen molar-refractivity contribution < 1.29 is 9.63 Å². The van der Waals surface area contributed by atoms with Crippen molar-refractivity contribution in [1.29, 1.82) is 0 Å². The molecule has 0 aliphatic heterocycles. The van der Waals surface area contributed by atoms with Crippen molar-refractivity contribution in [3.05, 3.63) is 35.9 Å². The van der Waals surface area contributed by atoms with Gasteiger partial charge in [0.25, 0.3) is 5.91 Å². The van der Waals surface area contributed by atoms with E-state index >= 15 is 0 Å². The van der Waals surface area contributed by atoms with Gasteiger partial charge in [-0.25, -0.2) is 5.06 Å². The van der Waals surface area contributed by atoms with Crippen molar-refractivity contribution in [2.45, 2.75) is 13.8 Å². The van der Waals surface area contributed by atoms with Crippen LogP contribution in [0.2, 0.25) is 0 Å². The average Bonchev–Trinajstić information content (AvgIpc) is 2.31. The second kappa shape index (κ2) is 7.09. The maximum atomic E-state index is 11.4. The highest BCUT2D eigenvalue weighted by atomic mass is 16.7.